The molecule has 166 valence electrons. The maximum atomic E-state index is 5.74. The normalized spacial score (nSPS) is 14.9. The van der Waals surface area contributed by atoms with E-state index in [1.54, 1.807) is 6.08 Å². The van der Waals surface area contributed by atoms with Crippen molar-refractivity contribution in [2.24, 2.45) is 4.99 Å². The van der Waals surface area contributed by atoms with E-state index < -0.39 is 0 Å². The third-order valence-corrected chi connectivity index (χ3v) is 5.18. The molecule has 0 saturated carbocycles. The highest BCUT2D eigenvalue weighted by molar-refractivity contribution is 5.79. The number of para-hydroxylation sites is 1. The van der Waals surface area contributed by atoms with Crippen LogP contribution in [0.5, 0.6) is 5.75 Å². The topological polar surface area (TPSA) is 65.0 Å². The summed E-state index contributed by atoms with van der Waals surface area (Å²) in [6.45, 7) is 12.4. The third kappa shape index (κ3) is 7.00. The van der Waals surface area contributed by atoms with Gasteiger partial charge in [-0.2, -0.15) is 0 Å². The van der Waals surface area contributed by atoms with Crippen molar-refractivity contribution in [2.75, 3.05) is 51.3 Å². The number of benzene rings is 1. The summed E-state index contributed by atoms with van der Waals surface area (Å²) in [6.07, 6.45) is 3.68. The first-order valence-corrected chi connectivity index (χ1v) is 10.9. The highest BCUT2D eigenvalue weighted by atomic mass is 16.5. The number of hydrogen-bond donors (Lipinski definition) is 2. The molecule has 2 N–H and O–H groups in total. The van der Waals surface area contributed by atoms with E-state index in [4.69, 9.17) is 9.73 Å². The van der Waals surface area contributed by atoms with Crippen LogP contribution in [0.15, 0.2) is 60.2 Å². The molecule has 0 unspecified atom stereocenters. The summed E-state index contributed by atoms with van der Waals surface area (Å²) < 4.78 is 5.74. The lowest BCUT2D eigenvalue weighted by atomic mass is 10.2. The minimum absolute atomic E-state index is 0.488. The van der Waals surface area contributed by atoms with Gasteiger partial charge in [-0.25, -0.2) is 9.98 Å². The molecule has 0 spiro atoms. The Morgan fingerprint density at radius 3 is 2.68 bits per heavy atom. The molecule has 0 amide bonds. The minimum atomic E-state index is 0.488. The molecule has 1 aromatic carbocycles. The van der Waals surface area contributed by atoms with Gasteiger partial charge in [-0.15, -0.1) is 0 Å². The monoisotopic (exact) mass is 422 g/mol. The van der Waals surface area contributed by atoms with E-state index in [0.29, 0.717) is 19.7 Å². The number of pyridine rings is 1. The van der Waals surface area contributed by atoms with Gasteiger partial charge >= 0.3 is 0 Å². The molecule has 1 aliphatic heterocycles. The van der Waals surface area contributed by atoms with Crippen molar-refractivity contribution >= 4 is 11.8 Å². The number of aromatic nitrogens is 1. The van der Waals surface area contributed by atoms with Crippen LogP contribution in [0.3, 0.4) is 0 Å². The molecule has 7 heteroatoms. The summed E-state index contributed by atoms with van der Waals surface area (Å²) in [4.78, 5) is 14.1. The fourth-order valence-corrected chi connectivity index (χ4v) is 3.36. The number of nitrogens with zero attached hydrogens (tertiary/aromatic N) is 4. The maximum absolute atomic E-state index is 5.74. The third-order valence-electron chi connectivity index (χ3n) is 5.18. The molecule has 31 heavy (non-hydrogen) atoms. The van der Waals surface area contributed by atoms with Gasteiger partial charge in [0.1, 0.15) is 18.2 Å². The SMILES string of the molecule is C=CCOc1ccccc1CNC(=NCc1ccc(N2CCN(C)CC2)nc1)NCC. The number of ether oxygens (including phenoxy) is 1. The standard InChI is InChI=1S/C24H34N6O/c1-4-16-31-22-9-7-6-8-21(22)19-28-24(25-5-2)27-18-20-10-11-23(26-17-20)30-14-12-29(3)13-15-30/h4,6-11,17H,1,5,12-16,18-19H2,2-3H3,(H2,25,27,28). The lowest BCUT2D eigenvalue weighted by Crippen LogP contribution is -2.44. The molecule has 0 radical (unpaired) electrons. The van der Waals surface area contributed by atoms with E-state index >= 15 is 0 Å². The number of guanidine groups is 1. The average molecular weight is 423 g/mol. The van der Waals surface area contributed by atoms with Crippen molar-refractivity contribution in [3.05, 3.63) is 66.4 Å². The van der Waals surface area contributed by atoms with E-state index in [9.17, 15) is 0 Å². The molecule has 1 aliphatic rings. The molecule has 1 aromatic heterocycles. The Hall–Kier alpha value is -3.06. The van der Waals surface area contributed by atoms with E-state index in [1.165, 1.54) is 0 Å². The van der Waals surface area contributed by atoms with Gasteiger partial charge in [-0.3, -0.25) is 0 Å². The largest absolute Gasteiger partial charge is 0.489 e. The fraction of sp³-hybridized carbons (Fsp3) is 0.417. The van der Waals surface area contributed by atoms with Crippen molar-refractivity contribution in [3.8, 4) is 5.75 Å². The van der Waals surface area contributed by atoms with Crippen LogP contribution in [-0.4, -0.2) is 62.2 Å². The molecular weight excluding hydrogens is 388 g/mol. The molecule has 3 rings (SSSR count). The van der Waals surface area contributed by atoms with Crippen molar-refractivity contribution < 1.29 is 4.74 Å². The van der Waals surface area contributed by atoms with Gasteiger partial charge in [0.2, 0.25) is 0 Å². The summed E-state index contributed by atoms with van der Waals surface area (Å²) >= 11 is 0. The summed E-state index contributed by atoms with van der Waals surface area (Å²) in [6, 6.07) is 12.2. The van der Waals surface area contributed by atoms with Gasteiger partial charge in [-0.05, 0) is 31.7 Å². The molecule has 0 bridgehead atoms. The van der Waals surface area contributed by atoms with E-state index in [0.717, 1.165) is 61.4 Å². The highest BCUT2D eigenvalue weighted by Crippen LogP contribution is 2.18. The zero-order chi connectivity index (χ0) is 21.9. The van der Waals surface area contributed by atoms with Crippen molar-refractivity contribution in [1.82, 2.24) is 20.5 Å². The van der Waals surface area contributed by atoms with Crippen LogP contribution in [0.1, 0.15) is 18.1 Å². The van der Waals surface area contributed by atoms with Crippen LogP contribution in [0.25, 0.3) is 0 Å². The van der Waals surface area contributed by atoms with Gasteiger partial charge in [-0.1, -0.05) is 36.9 Å². The van der Waals surface area contributed by atoms with Crippen LogP contribution in [0, 0.1) is 0 Å². The van der Waals surface area contributed by atoms with Crippen LogP contribution >= 0.6 is 0 Å². The number of piperazine rings is 1. The van der Waals surface area contributed by atoms with Crippen molar-refractivity contribution in [2.45, 2.75) is 20.0 Å². The summed E-state index contributed by atoms with van der Waals surface area (Å²) in [5, 5.41) is 6.69. The Balaban J connectivity index is 1.58. The van der Waals surface area contributed by atoms with Crippen LogP contribution < -0.4 is 20.3 Å². The Morgan fingerprint density at radius 2 is 1.97 bits per heavy atom. The molecule has 2 aromatic rings. The van der Waals surface area contributed by atoms with Crippen LogP contribution in [0.2, 0.25) is 0 Å². The van der Waals surface area contributed by atoms with Crippen LogP contribution in [0.4, 0.5) is 5.82 Å². The predicted molar refractivity (Wildman–Crippen MR) is 128 cm³/mol. The van der Waals surface area contributed by atoms with E-state index in [-0.39, 0.29) is 0 Å². The van der Waals surface area contributed by atoms with Crippen molar-refractivity contribution in [3.63, 3.8) is 0 Å². The number of rotatable bonds is 9. The van der Waals surface area contributed by atoms with Gasteiger partial charge in [0, 0.05) is 51.0 Å². The Kier molecular flexibility index (Phi) is 8.72. The van der Waals surface area contributed by atoms with Gasteiger partial charge in [0.05, 0.1) is 6.54 Å². The highest BCUT2D eigenvalue weighted by Gasteiger charge is 2.14. The molecule has 1 fully saturated rings. The molecule has 1 saturated heterocycles. The van der Waals surface area contributed by atoms with Gasteiger partial charge in [0.25, 0.3) is 0 Å². The molecule has 0 atom stereocenters. The first kappa shape index (κ1) is 22.6. The summed E-state index contributed by atoms with van der Waals surface area (Å²) in [7, 11) is 2.16. The first-order chi connectivity index (χ1) is 15.2. The van der Waals surface area contributed by atoms with Crippen molar-refractivity contribution in [1.29, 1.82) is 0 Å². The number of nitrogens with one attached hydrogen (secondary N) is 2. The number of anilines is 1. The number of likely N-dealkylation sites (N-methyl/N-ethyl adjacent to an activating group) is 1. The maximum Gasteiger partial charge on any atom is 0.191 e. The Morgan fingerprint density at radius 1 is 1.16 bits per heavy atom. The lowest BCUT2D eigenvalue weighted by molar-refractivity contribution is 0.312. The second kappa shape index (κ2) is 12.0. The second-order valence-corrected chi connectivity index (χ2v) is 7.57. The minimum Gasteiger partial charge on any atom is -0.489 e. The second-order valence-electron chi connectivity index (χ2n) is 7.57. The molecule has 2 heterocycles. The molecular formula is C24H34N6O. The first-order valence-electron chi connectivity index (χ1n) is 10.9. The average Bonchev–Trinajstić information content (AvgIpc) is 2.81. The summed E-state index contributed by atoms with van der Waals surface area (Å²) in [5.74, 6) is 2.67. The van der Waals surface area contributed by atoms with Gasteiger partial charge in [0.15, 0.2) is 5.96 Å². The summed E-state index contributed by atoms with van der Waals surface area (Å²) in [5.41, 5.74) is 2.16. The lowest BCUT2D eigenvalue weighted by Gasteiger charge is -2.33. The smallest absolute Gasteiger partial charge is 0.191 e. The van der Waals surface area contributed by atoms with E-state index in [2.05, 4.69) is 64.2 Å². The predicted octanol–water partition coefficient (Wildman–Crippen LogP) is 2.65. The Labute approximate surface area is 185 Å². The number of aliphatic imine (C=N–C) groups is 1. The van der Waals surface area contributed by atoms with E-state index in [1.807, 2.05) is 24.4 Å². The fourth-order valence-electron chi connectivity index (χ4n) is 3.36. The number of hydrogen-bond acceptors (Lipinski definition) is 5. The molecule has 0 aliphatic carbocycles. The van der Waals surface area contributed by atoms with Gasteiger partial charge < -0.3 is 25.2 Å². The quantitative estimate of drug-likeness (QED) is 0.368. The zero-order valence-corrected chi connectivity index (χ0v) is 18.7. The zero-order valence-electron chi connectivity index (χ0n) is 18.7. The Bertz CT molecular complexity index is 843. The molecule has 7 nitrogen and oxygen atoms in total. The van der Waals surface area contributed by atoms with Crippen LogP contribution in [-0.2, 0) is 13.1 Å².